The van der Waals surface area contributed by atoms with Gasteiger partial charge in [-0.1, -0.05) is 42.3 Å². The van der Waals surface area contributed by atoms with Crippen LogP contribution in [0.1, 0.15) is 15.9 Å². The summed E-state index contributed by atoms with van der Waals surface area (Å²) >= 11 is 0. The number of esters is 1. The van der Waals surface area contributed by atoms with Crippen LogP contribution in [0, 0.1) is 12.3 Å². The van der Waals surface area contributed by atoms with Crippen molar-refractivity contribution < 1.29 is 22.7 Å². The fourth-order valence-corrected chi connectivity index (χ4v) is 3.43. The lowest BCUT2D eigenvalue weighted by molar-refractivity contribution is -0.142. The van der Waals surface area contributed by atoms with Gasteiger partial charge in [-0.15, -0.1) is 6.42 Å². The molecule has 0 aromatic heterocycles. The minimum Gasteiger partial charge on any atom is -0.467 e. The number of benzene rings is 2. The molecule has 0 unspecified atom stereocenters. The molecule has 0 aliphatic heterocycles. The lowest BCUT2D eigenvalue weighted by atomic mass is 10.1. The summed E-state index contributed by atoms with van der Waals surface area (Å²) in [5.74, 6) is 0.981. The Balaban J connectivity index is 2.20. The van der Waals surface area contributed by atoms with E-state index in [2.05, 4.69) is 16.0 Å². The van der Waals surface area contributed by atoms with Gasteiger partial charge in [0.15, 0.2) is 0 Å². The van der Waals surface area contributed by atoms with E-state index in [0.717, 1.165) is 5.56 Å². The summed E-state index contributed by atoms with van der Waals surface area (Å²) in [4.78, 5) is 24.6. The first-order valence-corrected chi connectivity index (χ1v) is 9.81. The predicted molar refractivity (Wildman–Crippen MR) is 104 cm³/mol. The average Bonchev–Trinajstić information content (AvgIpc) is 2.72. The van der Waals surface area contributed by atoms with Gasteiger partial charge in [0.1, 0.15) is 6.04 Å². The molecule has 0 saturated heterocycles. The van der Waals surface area contributed by atoms with Crippen LogP contribution >= 0.6 is 0 Å². The largest absolute Gasteiger partial charge is 0.467 e. The van der Waals surface area contributed by atoms with Gasteiger partial charge in [-0.2, -0.15) is 4.72 Å². The van der Waals surface area contributed by atoms with Crippen LogP contribution in [-0.4, -0.2) is 40.0 Å². The molecule has 2 N–H and O–H groups in total. The first kappa shape index (κ1) is 21.2. The zero-order valence-electron chi connectivity index (χ0n) is 15.2. The molecule has 0 aliphatic carbocycles. The van der Waals surface area contributed by atoms with E-state index in [1.54, 1.807) is 0 Å². The summed E-state index contributed by atoms with van der Waals surface area (Å²) in [5.41, 5.74) is 0.929. The van der Waals surface area contributed by atoms with Gasteiger partial charge in [-0.25, -0.2) is 13.2 Å². The standard InChI is InChI=1S/C20H20N2O5S/c1-3-12-21-28(25,26)17-11-7-10-16(14-17)19(23)22-18(20(24)27-2)13-15-8-5-4-6-9-15/h1,4-11,14,18,21H,12-13H2,2H3,(H,22,23)/t18-/m0/s1. The SMILES string of the molecule is C#CCNS(=O)(=O)c1cccc(C(=O)N[C@@H](Cc2ccccc2)C(=O)OC)c1. The van der Waals surface area contributed by atoms with Crippen LogP contribution in [0.25, 0.3) is 0 Å². The Hall–Kier alpha value is -3.15. The van der Waals surface area contributed by atoms with Crippen molar-refractivity contribution in [3.63, 3.8) is 0 Å². The topological polar surface area (TPSA) is 102 Å². The molecular formula is C20H20N2O5S. The van der Waals surface area contributed by atoms with Crippen molar-refractivity contribution >= 4 is 21.9 Å². The summed E-state index contributed by atoms with van der Waals surface area (Å²) < 4.78 is 31.3. The summed E-state index contributed by atoms with van der Waals surface area (Å²) in [6, 6.07) is 13.7. The first-order chi connectivity index (χ1) is 13.4. The van der Waals surface area contributed by atoms with Gasteiger partial charge < -0.3 is 10.1 Å². The van der Waals surface area contributed by atoms with E-state index in [-0.39, 0.29) is 23.4 Å². The Kier molecular flexibility index (Phi) is 7.32. The van der Waals surface area contributed by atoms with Crippen molar-refractivity contribution in [2.75, 3.05) is 13.7 Å². The molecule has 7 nitrogen and oxygen atoms in total. The summed E-state index contributed by atoms with van der Waals surface area (Å²) in [6.07, 6.45) is 5.30. The molecule has 1 amide bonds. The van der Waals surface area contributed by atoms with Crippen LogP contribution in [0.4, 0.5) is 0 Å². The van der Waals surface area contributed by atoms with Crippen molar-refractivity contribution in [3.05, 3.63) is 65.7 Å². The van der Waals surface area contributed by atoms with Crippen LogP contribution in [0.15, 0.2) is 59.5 Å². The second kappa shape index (κ2) is 9.69. The fraction of sp³-hybridized carbons (Fsp3) is 0.200. The lowest BCUT2D eigenvalue weighted by Gasteiger charge is -2.17. The van der Waals surface area contributed by atoms with Crippen LogP contribution in [0.5, 0.6) is 0 Å². The third-order valence-corrected chi connectivity index (χ3v) is 5.24. The molecule has 146 valence electrons. The monoisotopic (exact) mass is 400 g/mol. The molecule has 0 fully saturated rings. The van der Waals surface area contributed by atoms with Gasteiger partial charge in [0, 0.05) is 12.0 Å². The number of terminal acetylenes is 1. The number of carbonyl (C=O) groups excluding carboxylic acids is 2. The van der Waals surface area contributed by atoms with Gasteiger partial charge in [0.05, 0.1) is 18.6 Å². The molecular weight excluding hydrogens is 380 g/mol. The maximum absolute atomic E-state index is 12.6. The number of nitrogens with one attached hydrogen (secondary N) is 2. The molecule has 1 atom stereocenters. The minimum absolute atomic E-state index is 0.0885. The molecule has 2 rings (SSSR count). The van der Waals surface area contributed by atoms with Crippen molar-refractivity contribution in [1.29, 1.82) is 0 Å². The van der Waals surface area contributed by atoms with Crippen molar-refractivity contribution in [2.45, 2.75) is 17.4 Å². The summed E-state index contributed by atoms with van der Waals surface area (Å²) in [5, 5.41) is 2.59. The normalized spacial score (nSPS) is 11.9. The van der Waals surface area contributed by atoms with Crippen LogP contribution < -0.4 is 10.0 Å². The molecule has 2 aromatic carbocycles. The Morgan fingerprint density at radius 2 is 1.86 bits per heavy atom. The average molecular weight is 400 g/mol. The van der Waals surface area contributed by atoms with E-state index in [1.807, 2.05) is 30.3 Å². The van der Waals surface area contributed by atoms with E-state index in [4.69, 9.17) is 11.2 Å². The molecule has 0 aliphatic rings. The quantitative estimate of drug-likeness (QED) is 0.511. The van der Waals surface area contributed by atoms with Gasteiger partial charge in [0.2, 0.25) is 10.0 Å². The second-order valence-corrected chi connectivity index (χ2v) is 7.56. The Morgan fingerprint density at radius 3 is 2.50 bits per heavy atom. The lowest BCUT2D eigenvalue weighted by Crippen LogP contribution is -2.43. The Morgan fingerprint density at radius 1 is 1.14 bits per heavy atom. The number of ether oxygens (including phenoxy) is 1. The van der Waals surface area contributed by atoms with Gasteiger partial charge in [-0.3, -0.25) is 4.79 Å². The molecule has 0 spiro atoms. The second-order valence-electron chi connectivity index (χ2n) is 5.80. The van der Waals surface area contributed by atoms with E-state index in [9.17, 15) is 18.0 Å². The van der Waals surface area contributed by atoms with Gasteiger partial charge >= 0.3 is 5.97 Å². The number of hydrogen-bond acceptors (Lipinski definition) is 5. The van der Waals surface area contributed by atoms with E-state index in [0.29, 0.717) is 0 Å². The highest BCUT2D eigenvalue weighted by Crippen LogP contribution is 2.12. The number of amides is 1. The van der Waals surface area contributed by atoms with Gasteiger partial charge in [0.25, 0.3) is 5.91 Å². The number of sulfonamides is 1. The molecule has 28 heavy (non-hydrogen) atoms. The fourth-order valence-electron chi connectivity index (χ4n) is 2.45. The smallest absolute Gasteiger partial charge is 0.328 e. The molecule has 0 heterocycles. The third-order valence-electron chi connectivity index (χ3n) is 3.84. The predicted octanol–water partition coefficient (Wildman–Crippen LogP) is 1.11. The number of methoxy groups -OCH3 is 1. The molecule has 8 heteroatoms. The third kappa shape index (κ3) is 5.67. The van der Waals surface area contributed by atoms with Crippen LogP contribution in [0.2, 0.25) is 0 Å². The maximum atomic E-state index is 12.6. The van der Waals surface area contributed by atoms with E-state index in [1.165, 1.54) is 31.4 Å². The maximum Gasteiger partial charge on any atom is 0.328 e. The zero-order valence-corrected chi connectivity index (χ0v) is 16.0. The van der Waals surface area contributed by atoms with Gasteiger partial charge in [-0.05, 0) is 23.8 Å². The molecule has 0 bridgehead atoms. The van der Waals surface area contributed by atoms with Crippen molar-refractivity contribution in [1.82, 2.24) is 10.0 Å². The molecule has 2 aromatic rings. The first-order valence-electron chi connectivity index (χ1n) is 8.33. The summed E-state index contributed by atoms with van der Waals surface area (Å²) in [7, 11) is -2.61. The highest BCUT2D eigenvalue weighted by atomic mass is 32.2. The highest BCUT2D eigenvalue weighted by Gasteiger charge is 2.23. The van der Waals surface area contributed by atoms with Crippen molar-refractivity contribution in [2.24, 2.45) is 0 Å². The van der Waals surface area contributed by atoms with E-state index < -0.39 is 27.9 Å². The number of carbonyl (C=O) groups is 2. The number of rotatable bonds is 8. The minimum atomic E-state index is -3.84. The molecule has 0 radical (unpaired) electrons. The van der Waals surface area contributed by atoms with Crippen LogP contribution in [0.3, 0.4) is 0 Å². The Labute approximate surface area is 164 Å². The zero-order chi connectivity index (χ0) is 20.6. The van der Waals surface area contributed by atoms with Crippen molar-refractivity contribution in [3.8, 4) is 12.3 Å². The van der Waals surface area contributed by atoms with E-state index >= 15 is 0 Å². The summed E-state index contributed by atoms with van der Waals surface area (Å²) in [6.45, 7) is -0.166. The molecule has 0 saturated carbocycles. The Bertz CT molecular complexity index is 981. The highest BCUT2D eigenvalue weighted by molar-refractivity contribution is 7.89. The number of hydrogen-bond donors (Lipinski definition) is 2. The van der Waals surface area contributed by atoms with Crippen LogP contribution in [-0.2, 0) is 26.0 Å².